The quantitative estimate of drug-likeness (QED) is 0.230. The first-order chi connectivity index (χ1) is 20.3. The van der Waals surface area contributed by atoms with Gasteiger partial charge in [-0.25, -0.2) is 0 Å². The second-order valence-electron chi connectivity index (χ2n) is 11.3. The number of aliphatic hydroxyl groups is 1. The predicted molar refractivity (Wildman–Crippen MR) is 161 cm³/mol. The summed E-state index contributed by atoms with van der Waals surface area (Å²) in [5, 5.41) is 13.9. The smallest absolute Gasteiger partial charge is 0.257 e. The summed E-state index contributed by atoms with van der Waals surface area (Å²) in [6, 6.07) is 3.38. The highest BCUT2D eigenvalue weighted by molar-refractivity contribution is 6.03. The van der Waals surface area contributed by atoms with E-state index >= 15 is 0 Å². The van der Waals surface area contributed by atoms with Gasteiger partial charge in [0.1, 0.15) is 18.2 Å². The van der Waals surface area contributed by atoms with Gasteiger partial charge in [0.05, 0.1) is 43.7 Å². The van der Waals surface area contributed by atoms with E-state index in [1.54, 1.807) is 31.3 Å². The number of aliphatic hydroxyl groups excluding tert-OH is 1. The third-order valence-corrected chi connectivity index (χ3v) is 8.18. The maximum absolute atomic E-state index is 13.1. The van der Waals surface area contributed by atoms with Crippen LogP contribution in [-0.2, 0) is 9.47 Å². The summed E-state index contributed by atoms with van der Waals surface area (Å²) < 4.78 is 23.1. The van der Waals surface area contributed by atoms with Gasteiger partial charge in [0.25, 0.3) is 5.91 Å². The van der Waals surface area contributed by atoms with Crippen LogP contribution in [0.5, 0.6) is 11.5 Å². The molecule has 0 saturated carbocycles. The van der Waals surface area contributed by atoms with E-state index in [0.29, 0.717) is 54.7 Å². The minimum Gasteiger partial charge on any atom is -0.494 e. The number of carbonyl (C=O) groups is 1. The Morgan fingerprint density at radius 2 is 1.88 bits per heavy atom. The maximum atomic E-state index is 13.1. The van der Waals surface area contributed by atoms with E-state index < -0.39 is 6.23 Å². The topological polar surface area (TPSA) is 105 Å². The van der Waals surface area contributed by atoms with Gasteiger partial charge in [-0.2, -0.15) is 0 Å². The van der Waals surface area contributed by atoms with Gasteiger partial charge in [-0.15, -0.1) is 0 Å². The highest BCUT2D eigenvalue weighted by Gasteiger charge is 2.40. The number of amides is 1. The molecule has 4 atom stereocenters. The zero-order valence-corrected chi connectivity index (χ0v) is 24.6. The lowest BCUT2D eigenvalue weighted by molar-refractivity contribution is -0.0554. The summed E-state index contributed by atoms with van der Waals surface area (Å²) in [7, 11) is 3.26. The molecule has 0 aliphatic carbocycles. The molecule has 226 valence electrons. The Labute approximate surface area is 248 Å². The van der Waals surface area contributed by atoms with E-state index in [2.05, 4.69) is 34.9 Å². The molecule has 3 saturated heterocycles. The van der Waals surface area contributed by atoms with Crippen molar-refractivity contribution in [1.29, 1.82) is 0 Å². The highest BCUT2D eigenvalue weighted by atomic mass is 16.5. The Bertz CT molecular complexity index is 1290. The number of rotatable bonds is 11. The highest BCUT2D eigenvalue weighted by Crippen LogP contribution is 2.38. The molecule has 4 aliphatic heterocycles. The molecule has 1 amide bonds. The van der Waals surface area contributed by atoms with Gasteiger partial charge in [-0.05, 0) is 44.2 Å². The molecule has 10 nitrogen and oxygen atoms in total. The van der Waals surface area contributed by atoms with Gasteiger partial charge in [-0.3, -0.25) is 14.7 Å². The minimum atomic E-state index is -0.716. The van der Waals surface area contributed by atoms with Crippen molar-refractivity contribution >= 4 is 17.8 Å². The average Bonchev–Trinajstić information content (AvgIpc) is 3.48. The number of unbranched alkanes of at least 4 members (excludes halogenated alkanes) is 2. The standard InChI is InChI=1S/C32H42N4O6/c1-20-11-24-17-33-26-16-29(28(39-4)15-25(26)32(38)35(24)18-20)42-10-8-6-7-9-41-22(3)13-23-14-30(40-5)36-19-21(2)12-27(36)31(37)34-23/h13,15-17,24,27,30-31,34,37H,1-3,6-12,14,18-19H2,4-5H3/b23-13+/t24?,27-,30?,31-/m0/s1. The van der Waals surface area contributed by atoms with Gasteiger partial charge in [-0.1, -0.05) is 30.9 Å². The molecular formula is C32H42N4O6. The lowest BCUT2D eigenvalue weighted by atomic mass is 10.1. The minimum absolute atomic E-state index is 0.0573. The van der Waals surface area contributed by atoms with Crippen LogP contribution in [0.1, 0.15) is 48.9 Å². The molecule has 42 heavy (non-hydrogen) atoms. The van der Waals surface area contributed by atoms with Crippen LogP contribution in [0, 0.1) is 0 Å². The number of hydrogen-bond acceptors (Lipinski definition) is 9. The monoisotopic (exact) mass is 578 g/mol. The number of nitrogens with zero attached hydrogens (tertiary/aromatic N) is 3. The number of carbonyl (C=O) groups excluding carboxylic acids is 1. The van der Waals surface area contributed by atoms with Crippen molar-refractivity contribution in [3.63, 3.8) is 0 Å². The number of aliphatic imine (C=N–C) groups is 1. The van der Waals surface area contributed by atoms with Crippen molar-refractivity contribution < 1.29 is 28.8 Å². The zero-order chi connectivity index (χ0) is 29.8. The van der Waals surface area contributed by atoms with E-state index in [4.69, 9.17) is 18.9 Å². The largest absolute Gasteiger partial charge is 0.494 e. The van der Waals surface area contributed by atoms with Crippen molar-refractivity contribution in [2.75, 3.05) is 40.5 Å². The van der Waals surface area contributed by atoms with Gasteiger partial charge in [0.2, 0.25) is 0 Å². The summed E-state index contributed by atoms with van der Waals surface area (Å²) in [6.07, 6.45) is 7.43. The third-order valence-electron chi connectivity index (χ3n) is 8.18. The van der Waals surface area contributed by atoms with Crippen molar-refractivity contribution in [2.45, 2.75) is 63.1 Å². The van der Waals surface area contributed by atoms with E-state index in [-0.39, 0.29) is 24.2 Å². The maximum Gasteiger partial charge on any atom is 0.257 e. The van der Waals surface area contributed by atoms with Crippen LogP contribution >= 0.6 is 0 Å². The number of nitrogens with one attached hydrogen (secondary N) is 1. The number of ether oxygens (including phenoxy) is 4. The molecule has 0 radical (unpaired) electrons. The molecule has 4 heterocycles. The summed E-state index contributed by atoms with van der Waals surface area (Å²) in [5.41, 5.74) is 4.07. The summed E-state index contributed by atoms with van der Waals surface area (Å²) in [4.78, 5) is 21.7. The van der Waals surface area contributed by atoms with Crippen LogP contribution < -0.4 is 14.8 Å². The normalized spacial score (nSPS) is 26.3. The summed E-state index contributed by atoms with van der Waals surface area (Å²) in [6.45, 7) is 14.4. The first-order valence-electron chi connectivity index (χ1n) is 14.6. The van der Waals surface area contributed by atoms with Crippen LogP contribution in [0.2, 0.25) is 0 Å². The molecule has 1 aromatic rings. The Kier molecular flexibility index (Phi) is 9.35. The van der Waals surface area contributed by atoms with E-state index in [0.717, 1.165) is 55.5 Å². The lowest BCUT2D eigenvalue weighted by Gasteiger charge is -2.29. The number of hydrogen-bond donors (Lipinski definition) is 2. The van der Waals surface area contributed by atoms with Crippen LogP contribution in [0.15, 0.2) is 65.5 Å². The molecule has 10 heteroatoms. The van der Waals surface area contributed by atoms with E-state index in [9.17, 15) is 9.90 Å². The van der Waals surface area contributed by atoms with E-state index in [1.807, 2.05) is 12.3 Å². The Morgan fingerprint density at radius 3 is 2.67 bits per heavy atom. The van der Waals surface area contributed by atoms with Crippen LogP contribution in [0.25, 0.3) is 0 Å². The molecule has 5 rings (SSSR count). The molecule has 0 bridgehead atoms. The van der Waals surface area contributed by atoms with Crippen LogP contribution in [0.3, 0.4) is 0 Å². The van der Waals surface area contributed by atoms with Crippen molar-refractivity contribution in [3.8, 4) is 11.5 Å². The van der Waals surface area contributed by atoms with Gasteiger partial charge in [0.15, 0.2) is 11.5 Å². The molecule has 3 fully saturated rings. The molecule has 0 aromatic heterocycles. The second-order valence-corrected chi connectivity index (χ2v) is 11.3. The zero-order valence-electron chi connectivity index (χ0n) is 24.6. The average molecular weight is 579 g/mol. The van der Waals surface area contributed by atoms with E-state index in [1.165, 1.54) is 0 Å². The molecule has 1 aromatic carbocycles. The SMILES string of the molecule is C=C1CC2C=Nc3cc(OCCCCCOC(=C)/C=C4\CC(OC)N5CC(=C)C[C@H]5[C@H](O)N4)c(OC)cc3C(=O)N2C1. The fourth-order valence-electron chi connectivity index (χ4n) is 6.04. The van der Waals surface area contributed by atoms with Crippen LogP contribution in [0.4, 0.5) is 5.69 Å². The number of benzene rings is 1. The molecule has 2 unspecified atom stereocenters. The molecular weight excluding hydrogens is 536 g/mol. The number of methoxy groups -OCH3 is 2. The molecule has 4 aliphatic rings. The lowest BCUT2D eigenvalue weighted by Crippen LogP contribution is -2.46. The van der Waals surface area contributed by atoms with Crippen LogP contribution in [-0.4, -0.2) is 92.1 Å². The Morgan fingerprint density at radius 1 is 1.10 bits per heavy atom. The van der Waals surface area contributed by atoms with Gasteiger partial charge >= 0.3 is 0 Å². The first-order valence-corrected chi connectivity index (χ1v) is 14.6. The fraction of sp³-hybridized carbons (Fsp3) is 0.500. The van der Waals surface area contributed by atoms with Gasteiger partial charge in [0, 0.05) is 44.6 Å². The fourth-order valence-corrected chi connectivity index (χ4v) is 6.04. The van der Waals surface area contributed by atoms with Crippen molar-refractivity contribution in [1.82, 2.24) is 15.1 Å². The number of fused-ring (bicyclic) bond motifs is 3. The second kappa shape index (κ2) is 13.1. The van der Waals surface area contributed by atoms with Crippen molar-refractivity contribution in [2.24, 2.45) is 4.99 Å². The third kappa shape index (κ3) is 6.56. The number of allylic oxidation sites excluding steroid dienone is 1. The Hall–Kier alpha value is -3.60. The predicted octanol–water partition coefficient (Wildman–Crippen LogP) is 4.06. The summed E-state index contributed by atoms with van der Waals surface area (Å²) >= 11 is 0. The summed E-state index contributed by atoms with van der Waals surface area (Å²) in [5.74, 6) is 1.56. The van der Waals surface area contributed by atoms with Gasteiger partial charge < -0.3 is 34.3 Å². The Balaban J connectivity index is 1.06. The molecule has 2 N–H and O–H groups in total. The first kappa shape index (κ1) is 29.9. The van der Waals surface area contributed by atoms with Crippen molar-refractivity contribution in [3.05, 3.63) is 66.1 Å². The molecule has 0 spiro atoms.